The molecule has 0 aliphatic heterocycles. The van der Waals surface area contributed by atoms with Gasteiger partial charge in [-0.05, 0) is 25.3 Å². The van der Waals surface area contributed by atoms with Gasteiger partial charge in [-0.1, -0.05) is 37.6 Å². The van der Waals surface area contributed by atoms with Crippen LogP contribution in [-0.2, 0) is 4.74 Å². The molecule has 0 radical (unpaired) electrons. The summed E-state index contributed by atoms with van der Waals surface area (Å²) in [5.74, 6) is 0.532. The van der Waals surface area contributed by atoms with Gasteiger partial charge in [0, 0.05) is 12.2 Å². The highest BCUT2D eigenvalue weighted by Gasteiger charge is 2.09. The number of aryl methyl sites for hydroxylation is 2. The Morgan fingerprint density at radius 3 is 2.56 bits per heavy atom. The van der Waals surface area contributed by atoms with Crippen molar-refractivity contribution >= 4 is 5.78 Å². The third-order valence-electron chi connectivity index (χ3n) is 2.37. The summed E-state index contributed by atoms with van der Waals surface area (Å²) < 4.78 is 5.35. The van der Waals surface area contributed by atoms with Crippen LogP contribution in [-0.4, -0.2) is 19.0 Å². The number of hydrogen-bond donors (Lipinski definition) is 0. The maximum absolute atomic E-state index is 11.8. The van der Waals surface area contributed by atoms with Crippen molar-refractivity contribution in [3.8, 4) is 0 Å². The van der Waals surface area contributed by atoms with Gasteiger partial charge >= 0.3 is 0 Å². The highest BCUT2D eigenvalue weighted by molar-refractivity contribution is 5.98. The van der Waals surface area contributed by atoms with Gasteiger partial charge in [0.15, 0.2) is 5.78 Å². The number of hydrogen-bond acceptors (Lipinski definition) is 2. The standard InChI is InChI=1S/C14H20O2/c1-10(2)8-16-9-14(15)13-6-5-11(3)7-12(13)4/h5-7,10H,8-9H2,1-4H3. The summed E-state index contributed by atoms with van der Waals surface area (Å²) in [6.07, 6.45) is 0. The summed E-state index contributed by atoms with van der Waals surface area (Å²) in [7, 11) is 0. The average molecular weight is 220 g/mol. The average Bonchev–Trinajstić information content (AvgIpc) is 2.16. The molecule has 1 rings (SSSR count). The second-order valence-corrected chi connectivity index (χ2v) is 4.65. The number of benzene rings is 1. The maximum Gasteiger partial charge on any atom is 0.188 e. The van der Waals surface area contributed by atoms with Gasteiger partial charge in [-0.15, -0.1) is 0 Å². The third kappa shape index (κ3) is 3.78. The van der Waals surface area contributed by atoms with Crippen LogP contribution in [0.3, 0.4) is 0 Å². The fourth-order valence-electron chi connectivity index (χ4n) is 1.59. The molecule has 0 saturated heterocycles. The minimum absolute atomic E-state index is 0.0677. The third-order valence-corrected chi connectivity index (χ3v) is 2.37. The fourth-order valence-corrected chi connectivity index (χ4v) is 1.59. The molecule has 2 heteroatoms. The molecular formula is C14H20O2. The zero-order valence-corrected chi connectivity index (χ0v) is 10.5. The lowest BCUT2D eigenvalue weighted by molar-refractivity contribution is 0.0705. The van der Waals surface area contributed by atoms with Crippen LogP contribution in [0.1, 0.15) is 35.3 Å². The fraction of sp³-hybridized carbons (Fsp3) is 0.500. The van der Waals surface area contributed by atoms with Crippen LogP contribution in [0.25, 0.3) is 0 Å². The SMILES string of the molecule is Cc1ccc(C(=O)COCC(C)C)c(C)c1. The van der Waals surface area contributed by atoms with Crippen molar-refractivity contribution in [1.29, 1.82) is 0 Å². The molecule has 0 unspecified atom stereocenters. The van der Waals surface area contributed by atoms with Gasteiger partial charge in [-0.3, -0.25) is 4.79 Å². The molecule has 0 aliphatic rings. The molecule has 0 heterocycles. The van der Waals surface area contributed by atoms with Crippen molar-refractivity contribution in [2.45, 2.75) is 27.7 Å². The summed E-state index contributed by atoms with van der Waals surface area (Å²) in [5, 5.41) is 0. The van der Waals surface area contributed by atoms with Gasteiger partial charge in [0.2, 0.25) is 0 Å². The molecule has 0 amide bonds. The first-order valence-electron chi connectivity index (χ1n) is 5.69. The Morgan fingerprint density at radius 2 is 2.00 bits per heavy atom. The quantitative estimate of drug-likeness (QED) is 0.712. The van der Waals surface area contributed by atoms with E-state index >= 15 is 0 Å². The summed E-state index contributed by atoms with van der Waals surface area (Å²) in [6, 6.07) is 5.87. The first-order chi connectivity index (χ1) is 7.50. The molecule has 16 heavy (non-hydrogen) atoms. The number of carbonyl (C=O) groups excluding carboxylic acids is 1. The number of carbonyl (C=O) groups is 1. The van der Waals surface area contributed by atoms with Crippen LogP contribution in [0, 0.1) is 19.8 Å². The van der Waals surface area contributed by atoms with Crippen molar-refractivity contribution in [2.24, 2.45) is 5.92 Å². The van der Waals surface area contributed by atoms with E-state index in [1.165, 1.54) is 5.56 Å². The molecule has 0 fully saturated rings. The Morgan fingerprint density at radius 1 is 1.31 bits per heavy atom. The topological polar surface area (TPSA) is 26.3 Å². The van der Waals surface area contributed by atoms with Crippen molar-refractivity contribution < 1.29 is 9.53 Å². The first-order valence-corrected chi connectivity index (χ1v) is 5.69. The van der Waals surface area contributed by atoms with Gasteiger partial charge < -0.3 is 4.74 Å². The van der Waals surface area contributed by atoms with Crippen molar-refractivity contribution in [3.05, 3.63) is 34.9 Å². The number of Topliss-reactive ketones (excluding diaryl/α,β-unsaturated/α-hetero) is 1. The largest absolute Gasteiger partial charge is 0.373 e. The van der Waals surface area contributed by atoms with E-state index in [1.807, 2.05) is 32.0 Å². The molecule has 0 aliphatic carbocycles. The zero-order valence-electron chi connectivity index (χ0n) is 10.5. The molecule has 0 saturated carbocycles. The molecular weight excluding hydrogens is 200 g/mol. The second kappa shape index (κ2) is 5.80. The Labute approximate surface area is 97.6 Å². The monoisotopic (exact) mass is 220 g/mol. The smallest absolute Gasteiger partial charge is 0.188 e. The Kier molecular flexibility index (Phi) is 4.69. The van der Waals surface area contributed by atoms with E-state index < -0.39 is 0 Å². The maximum atomic E-state index is 11.8. The van der Waals surface area contributed by atoms with Gasteiger partial charge in [0.05, 0.1) is 0 Å². The first kappa shape index (κ1) is 12.9. The van der Waals surface area contributed by atoms with E-state index in [-0.39, 0.29) is 12.4 Å². The molecule has 0 spiro atoms. The normalized spacial score (nSPS) is 10.8. The minimum Gasteiger partial charge on any atom is -0.373 e. The summed E-state index contributed by atoms with van der Waals surface area (Å²) in [6.45, 7) is 8.95. The van der Waals surface area contributed by atoms with Crippen molar-refractivity contribution in [2.75, 3.05) is 13.2 Å². The second-order valence-electron chi connectivity index (χ2n) is 4.65. The molecule has 0 N–H and O–H groups in total. The van der Waals surface area contributed by atoms with Crippen LogP contribution in [0.5, 0.6) is 0 Å². The van der Waals surface area contributed by atoms with Crippen LogP contribution >= 0.6 is 0 Å². The van der Waals surface area contributed by atoms with Crippen molar-refractivity contribution in [3.63, 3.8) is 0 Å². The Bertz CT molecular complexity index is 367. The summed E-state index contributed by atoms with van der Waals surface area (Å²) in [5.41, 5.74) is 2.98. The predicted molar refractivity (Wildman–Crippen MR) is 65.9 cm³/mol. The molecule has 1 aromatic rings. The molecule has 88 valence electrons. The Balaban J connectivity index is 2.59. The van der Waals surface area contributed by atoms with Gasteiger partial charge in [0.1, 0.15) is 6.61 Å². The van der Waals surface area contributed by atoms with Crippen LogP contribution in [0.4, 0.5) is 0 Å². The molecule has 1 aromatic carbocycles. The lowest BCUT2D eigenvalue weighted by Gasteiger charge is -2.08. The summed E-state index contributed by atoms with van der Waals surface area (Å²) in [4.78, 5) is 11.8. The lowest BCUT2D eigenvalue weighted by atomic mass is 10.0. The lowest BCUT2D eigenvalue weighted by Crippen LogP contribution is -2.13. The zero-order chi connectivity index (χ0) is 12.1. The highest BCUT2D eigenvalue weighted by atomic mass is 16.5. The Hall–Kier alpha value is -1.15. The van der Waals surface area contributed by atoms with Crippen LogP contribution in [0.15, 0.2) is 18.2 Å². The van der Waals surface area contributed by atoms with E-state index in [0.29, 0.717) is 12.5 Å². The number of ether oxygens (including phenoxy) is 1. The van der Waals surface area contributed by atoms with E-state index in [4.69, 9.17) is 4.74 Å². The van der Waals surface area contributed by atoms with Crippen LogP contribution in [0.2, 0.25) is 0 Å². The number of ketones is 1. The molecule has 0 aromatic heterocycles. The predicted octanol–water partition coefficient (Wildman–Crippen LogP) is 3.16. The minimum atomic E-state index is 0.0677. The van der Waals surface area contributed by atoms with E-state index in [1.54, 1.807) is 0 Å². The molecule has 0 bridgehead atoms. The van der Waals surface area contributed by atoms with Crippen molar-refractivity contribution in [1.82, 2.24) is 0 Å². The van der Waals surface area contributed by atoms with Crippen LogP contribution < -0.4 is 0 Å². The molecule has 2 nitrogen and oxygen atoms in total. The van der Waals surface area contributed by atoms with Gasteiger partial charge in [-0.2, -0.15) is 0 Å². The number of rotatable bonds is 5. The van der Waals surface area contributed by atoms with E-state index in [2.05, 4.69) is 13.8 Å². The summed E-state index contributed by atoms with van der Waals surface area (Å²) >= 11 is 0. The van der Waals surface area contributed by atoms with Gasteiger partial charge in [0.25, 0.3) is 0 Å². The molecule has 0 atom stereocenters. The van der Waals surface area contributed by atoms with E-state index in [9.17, 15) is 4.79 Å². The van der Waals surface area contributed by atoms with Gasteiger partial charge in [-0.25, -0.2) is 0 Å². The highest BCUT2D eigenvalue weighted by Crippen LogP contribution is 2.11. The van der Waals surface area contributed by atoms with E-state index in [0.717, 1.165) is 11.1 Å².